The van der Waals surface area contributed by atoms with Crippen molar-refractivity contribution in [3.8, 4) is 11.5 Å². The number of imide groups is 1. The highest BCUT2D eigenvalue weighted by atomic mass is 16.5. The molecule has 43 heavy (non-hydrogen) atoms. The summed E-state index contributed by atoms with van der Waals surface area (Å²) in [6, 6.07) is 15.0. The number of hydrogen-bond acceptors (Lipinski definition) is 6. The Balaban J connectivity index is 0.883. The molecule has 8 heteroatoms. The van der Waals surface area contributed by atoms with Crippen LogP contribution >= 0.6 is 0 Å². The Kier molecular flexibility index (Phi) is 8.72. The average molecular weight is 582 g/mol. The highest BCUT2D eigenvalue weighted by Crippen LogP contribution is 2.38. The minimum absolute atomic E-state index is 0.0111. The number of unbranched alkanes of at least 4 members (excludes halogenated alkanes) is 7. The molecule has 0 saturated carbocycles. The molecular weight excluding hydrogens is 542 g/mol. The number of hydrogen-bond donors (Lipinski definition) is 0. The van der Waals surface area contributed by atoms with Crippen molar-refractivity contribution >= 4 is 40.4 Å². The molecule has 3 aromatic rings. The molecule has 1 atom stereocenters. The molecule has 3 heterocycles. The van der Waals surface area contributed by atoms with Crippen LogP contribution in [0.4, 0.5) is 5.69 Å². The average Bonchev–Trinajstić information content (AvgIpc) is 3.46. The molecule has 8 nitrogen and oxygen atoms in total. The van der Waals surface area contributed by atoms with Crippen LogP contribution in [0.3, 0.4) is 0 Å². The van der Waals surface area contributed by atoms with E-state index in [1.54, 1.807) is 13.2 Å². The van der Waals surface area contributed by atoms with E-state index in [0.717, 1.165) is 81.5 Å². The number of fused-ring (bicyclic) bond motifs is 2. The van der Waals surface area contributed by atoms with Crippen LogP contribution in [-0.4, -0.2) is 66.6 Å². The van der Waals surface area contributed by atoms with E-state index >= 15 is 0 Å². The quantitative estimate of drug-likeness (QED) is 0.161. The van der Waals surface area contributed by atoms with Crippen molar-refractivity contribution in [2.75, 3.05) is 26.8 Å². The zero-order valence-corrected chi connectivity index (χ0v) is 24.8. The molecule has 1 fully saturated rings. The number of carbonyl (C=O) groups is 3. The molecule has 0 bridgehead atoms. The van der Waals surface area contributed by atoms with Gasteiger partial charge >= 0.3 is 0 Å². The van der Waals surface area contributed by atoms with Gasteiger partial charge in [-0.25, -0.2) is 0 Å². The summed E-state index contributed by atoms with van der Waals surface area (Å²) < 4.78 is 11.6. The predicted molar refractivity (Wildman–Crippen MR) is 167 cm³/mol. The summed E-state index contributed by atoms with van der Waals surface area (Å²) in [5, 5.41) is 1.72. The van der Waals surface area contributed by atoms with Gasteiger partial charge in [-0.15, -0.1) is 0 Å². The number of rotatable bonds is 13. The summed E-state index contributed by atoms with van der Waals surface area (Å²) in [5.74, 6) is 0.841. The van der Waals surface area contributed by atoms with E-state index in [9.17, 15) is 14.4 Å². The molecule has 0 radical (unpaired) electrons. The van der Waals surface area contributed by atoms with Crippen LogP contribution in [0, 0.1) is 0 Å². The monoisotopic (exact) mass is 581 g/mol. The standard InChI is InChI=1S/C35H39N3O5/c1-42-30-21-28-29(36-23-25-15-12-19-37(25)35(28)41)22-31(30)43-20-9-7-5-3-2-4-6-8-18-38-33(39)26-16-10-13-24-14-11-17-27(32(24)26)34(38)40/h10-11,13-14,16-17,21-23,25H,2-9,12,15,18-20H2,1H3/t25-/m0/s1. The summed E-state index contributed by atoms with van der Waals surface area (Å²) in [6.45, 7) is 1.81. The molecule has 224 valence electrons. The Morgan fingerprint density at radius 1 is 0.791 bits per heavy atom. The lowest BCUT2D eigenvalue weighted by Crippen LogP contribution is -2.40. The van der Waals surface area contributed by atoms with Crippen LogP contribution < -0.4 is 9.47 Å². The van der Waals surface area contributed by atoms with Gasteiger partial charge in [0.25, 0.3) is 17.7 Å². The second-order valence-corrected chi connectivity index (χ2v) is 11.7. The van der Waals surface area contributed by atoms with Crippen LogP contribution in [-0.2, 0) is 0 Å². The first-order valence-electron chi connectivity index (χ1n) is 15.6. The van der Waals surface area contributed by atoms with E-state index in [1.807, 2.05) is 53.6 Å². The van der Waals surface area contributed by atoms with Gasteiger partial charge in [-0.1, -0.05) is 62.8 Å². The van der Waals surface area contributed by atoms with Gasteiger partial charge in [0, 0.05) is 41.9 Å². The zero-order chi connectivity index (χ0) is 29.8. The number of benzene rings is 3. The number of nitrogens with zero attached hydrogens (tertiary/aromatic N) is 3. The summed E-state index contributed by atoms with van der Waals surface area (Å²) in [6.07, 6.45) is 12.2. The van der Waals surface area contributed by atoms with Gasteiger partial charge in [0.05, 0.1) is 31.0 Å². The van der Waals surface area contributed by atoms with Gasteiger partial charge in [-0.05, 0) is 49.3 Å². The fourth-order valence-corrected chi connectivity index (χ4v) is 6.52. The molecule has 0 N–H and O–H groups in total. The molecule has 0 spiro atoms. The van der Waals surface area contributed by atoms with Crippen molar-refractivity contribution in [1.29, 1.82) is 0 Å². The van der Waals surface area contributed by atoms with Crippen molar-refractivity contribution in [1.82, 2.24) is 9.80 Å². The second kappa shape index (κ2) is 13.0. The maximum atomic E-state index is 13.0. The maximum absolute atomic E-state index is 13.0. The molecule has 0 aromatic heterocycles. The third-order valence-corrected chi connectivity index (χ3v) is 8.85. The lowest BCUT2D eigenvalue weighted by atomic mass is 9.94. The topological polar surface area (TPSA) is 88.5 Å². The molecule has 3 aromatic carbocycles. The van der Waals surface area contributed by atoms with Gasteiger partial charge in [0.1, 0.15) is 0 Å². The van der Waals surface area contributed by atoms with Gasteiger partial charge in [-0.2, -0.15) is 0 Å². The lowest BCUT2D eigenvalue weighted by molar-refractivity contribution is 0.0607. The molecule has 6 rings (SSSR count). The van der Waals surface area contributed by atoms with Crippen molar-refractivity contribution in [2.24, 2.45) is 4.99 Å². The van der Waals surface area contributed by atoms with Crippen molar-refractivity contribution in [3.63, 3.8) is 0 Å². The molecule has 0 unspecified atom stereocenters. The van der Waals surface area contributed by atoms with Gasteiger partial charge in [0.2, 0.25) is 0 Å². The van der Waals surface area contributed by atoms with Crippen molar-refractivity contribution < 1.29 is 23.9 Å². The fraction of sp³-hybridized carbons (Fsp3) is 0.429. The highest BCUT2D eigenvalue weighted by Gasteiger charge is 2.33. The van der Waals surface area contributed by atoms with E-state index in [2.05, 4.69) is 4.99 Å². The van der Waals surface area contributed by atoms with E-state index in [1.165, 1.54) is 4.90 Å². The Morgan fingerprint density at radius 3 is 2.16 bits per heavy atom. The number of methoxy groups -OCH3 is 1. The highest BCUT2D eigenvalue weighted by molar-refractivity contribution is 6.25. The van der Waals surface area contributed by atoms with Crippen LogP contribution in [0.25, 0.3) is 10.8 Å². The zero-order valence-electron chi connectivity index (χ0n) is 24.8. The van der Waals surface area contributed by atoms with Crippen molar-refractivity contribution in [3.05, 3.63) is 65.2 Å². The Hall–Kier alpha value is -4.20. The Labute approximate surface area is 252 Å². The smallest absolute Gasteiger partial charge is 0.261 e. The maximum Gasteiger partial charge on any atom is 0.261 e. The first kappa shape index (κ1) is 28.9. The third kappa shape index (κ3) is 5.88. The summed E-state index contributed by atoms with van der Waals surface area (Å²) in [7, 11) is 1.60. The van der Waals surface area contributed by atoms with Gasteiger partial charge in [0.15, 0.2) is 11.5 Å². The minimum Gasteiger partial charge on any atom is -0.493 e. The van der Waals surface area contributed by atoms with Crippen LogP contribution in [0.2, 0.25) is 0 Å². The fourth-order valence-electron chi connectivity index (χ4n) is 6.52. The number of amides is 3. The van der Waals surface area contributed by atoms with Gasteiger partial charge in [-0.3, -0.25) is 24.3 Å². The predicted octanol–water partition coefficient (Wildman–Crippen LogP) is 6.96. The third-order valence-electron chi connectivity index (χ3n) is 8.85. The summed E-state index contributed by atoms with van der Waals surface area (Å²) in [5.41, 5.74) is 2.47. The second-order valence-electron chi connectivity index (χ2n) is 11.7. The van der Waals surface area contributed by atoms with E-state index in [0.29, 0.717) is 47.0 Å². The van der Waals surface area contributed by atoms with E-state index in [-0.39, 0.29) is 23.8 Å². The Bertz CT molecular complexity index is 1510. The summed E-state index contributed by atoms with van der Waals surface area (Å²) in [4.78, 5) is 47.0. The molecule has 0 aliphatic carbocycles. The normalized spacial score (nSPS) is 17.3. The number of ether oxygens (including phenoxy) is 2. The molecule has 3 aliphatic heterocycles. The summed E-state index contributed by atoms with van der Waals surface area (Å²) >= 11 is 0. The van der Waals surface area contributed by atoms with Crippen LogP contribution in [0.15, 0.2) is 53.5 Å². The molecule has 3 aliphatic rings. The SMILES string of the molecule is COc1cc2c(cc1OCCCCCCCCCCN1C(=O)c3cccc4cccc(c34)C1=O)N=C[C@@H]1CCCN1C2=O. The number of aliphatic imine (C=N–C) groups is 1. The van der Waals surface area contributed by atoms with Gasteiger partial charge < -0.3 is 14.4 Å². The molecule has 1 saturated heterocycles. The first-order valence-corrected chi connectivity index (χ1v) is 15.6. The van der Waals surface area contributed by atoms with Crippen LogP contribution in [0.5, 0.6) is 11.5 Å². The molecule has 3 amide bonds. The largest absolute Gasteiger partial charge is 0.493 e. The van der Waals surface area contributed by atoms with Crippen molar-refractivity contribution in [2.45, 2.75) is 70.3 Å². The lowest BCUT2D eigenvalue weighted by Gasteiger charge is -2.27. The minimum atomic E-state index is -0.179. The number of carbonyl (C=O) groups excluding carboxylic acids is 3. The van der Waals surface area contributed by atoms with E-state index < -0.39 is 0 Å². The molecular formula is C35H39N3O5. The Morgan fingerprint density at radius 2 is 1.47 bits per heavy atom. The first-order chi connectivity index (χ1) is 21.1. The van der Waals surface area contributed by atoms with Crippen LogP contribution in [0.1, 0.15) is 95.3 Å². The van der Waals surface area contributed by atoms with E-state index in [4.69, 9.17) is 9.47 Å².